The summed E-state index contributed by atoms with van der Waals surface area (Å²) in [4.78, 5) is 2.21. The number of ether oxygens (including phenoxy) is 1. The molecule has 0 spiro atoms. The Labute approximate surface area is 132 Å². The Morgan fingerprint density at radius 3 is 2.95 bits per heavy atom. The highest BCUT2D eigenvalue weighted by Gasteiger charge is 2.49. The average Bonchev–Trinajstić information content (AvgIpc) is 2.55. The van der Waals surface area contributed by atoms with Crippen LogP contribution in [0.5, 0.6) is 5.75 Å². The van der Waals surface area contributed by atoms with Crippen molar-refractivity contribution in [3.8, 4) is 11.8 Å². The molecule has 0 unspecified atom stereocenters. The van der Waals surface area contributed by atoms with E-state index in [4.69, 9.17) is 4.74 Å². The molecule has 0 bridgehead atoms. The molecule has 0 amide bonds. The molecular weight excluding hydrogens is 276 g/mol. The minimum Gasteiger partial charge on any atom is -0.496 e. The summed E-state index contributed by atoms with van der Waals surface area (Å²) in [5, 5.41) is 20.3. The second-order valence-corrected chi connectivity index (χ2v) is 6.52. The van der Waals surface area contributed by atoms with Gasteiger partial charge < -0.3 is 9.84 Å². The number of rotatable bonds is 3. The van der Waals surface area contributed by atoms with Crippen LogP contribution in [0.3, 0.4) is 0 Å². The molecule has 1 heterocycles. The Morgan fingerprint density at radius 2 is 2.18 bits per heavy atom. The maximum Gasteiger partial charge on any atom is 0.123 e. The van der Waals surface area contributed by atoms with Crippen molar-refractivity contribution in [2.75, 3.05) is 20.2 Å². The number of likely N-dealkylation sites (tertiary alicyclic amines) is 1. The molecule has 1 aliphatic carbocycles. The number of nitriles is 1. The highest BCUT2D eigenvalue weighted by Crippen LogP contribution is 2.50. The molecule has 3 atom stereocenters. The van der Waals surface area contributed by atoms with Gasteiger partial charge in [0.2, 0.25) is 0 Å². The fourth-order valence-electron chi connectivity index (χ4n) is 4.33. The molecule has 1 aliphatic heterocycles. The van der Waals surface area contributed by atoms with Crippen molar-refractivity contribution in [2.24, 2.45) is 5.92 Å². The van der Waals surface area contributed by atoms with E-state index >= 15 is 0 Å². The van der Waals surface area contributed by atoms with E-state index in [1.54, 1.807) is 7.11 Å². The lowest BCUT2D eigenvalue weighted by Gasteiger charge is -2.52. The van der Waals surface area contributed by atoms with Gasteiger partial charge in [0.1, 0.15) is 5.75 Å². The predicted octanol–water partition coefficient (Wildman–Crippen LogP) is 2.89. The molecule has 4 heteroatoms. The number of methoxy groups -OCH3 is 1. The fourth-order valence-corrected chi connectivity index (χ4v) is 4.33. The summed E-state index contributed by atoms with van der Waals surface area (Å²) in [6.45, 7) is 1.17. The third-order valence-electron chi connectivity index (χ3n) is 5.40. The lowest BCUT2D eigenvalue weighted by atomic mass is 9.66. The molecule has 22 heavy (non-hydrogen) atoms. The van der Waals surface area contributed by atoms with E-state index in [1.165, 1.54) is 0 Å². The van der Waals surface area contributed by atoms with Gasteiger partial charge in [-0.05, 0) is 25.3 Å². The van der Waals surface area contributed by atoms with Gasteiger partial charge in [-0.3, -0.25) is 4.90 Å². The molecule has 2 aliphatic rings. The monoisotopic (exact) mass is 300 g/mol. The highest BCUT2D eigenvalue weighted by atomic mass is 16.5. The summed E-state index contributed by atoms with van der Waals surface area (Å²) < 4.78 is 5.55. The van der Waals surface area contributed by atoms with Gasteiger partial charge >= 0.3 is 0 Å². The van der Waals surface area contributed by atoms with E-state index in [0.717, 1.165) is 50.0 Å². The number of aliphatic hydroxyl groups is 1. The van der Waals surface area contributed by atoms with Crippen LogP contribution in [0, 0.1) is 17.2 Å². The number of fused-ring (bicyclic) bond motifs is 1. The van der Waals surface area contributed by atoms with E-state index in [2.05, 4.69) is 17.0 Å². The number of benzene rings is 1. The summed E-state index contributed by atoms with van der Waals surface area (Å²) in [5.41, 5.74) is 0.515. The molecule has 1 aromatic carbocycles. The second-order valence-electron chi connectivity index (χ2n) is 6.52. The molecule has 1 aromatic rings. The van der Waals surface area contributed by atoms with Gasteiger partial charge in [-0.1, -0.05) is 31.0 Å². The van der Waals surface area contributed by atoms with Crippen molar-refractivity contribution in [3.05, 3.63) is 29.8 Å². The fraction of sp³-hybridized carbons (Fsp3) is 0.611. The summed E-state index contributed by atoms with van der Waals surface area (Å²) in [7, 11) is 1.68. The van der Waals surface area contributed by atoms with Gasteiger partial charge in [-0.2, -0.15) is 5.26 Å². The van der Waals surface area contributed by atoms with Crippen LogP contribution in [0.15, 0.2) is 24.3 Å². The highest BCUT2D eigenvalue weighted by molar-refractivity contribution is 5.37. The normalized spacial score (nSPS) is 32.0. The predicted molar refractivity (Wildman–Crippen MR) is 84.4 cm³/mol. The van der Waals surface area contributed by atoms with E-state index < -0.39 is 5.60 Å². The Hall–Kier alpha value is -1.57. The minimum atomic E-state index is -0.588. The lowest BCUT2D eigenvalue weighted by Crippen LogP contribution is -2.54. The summed E-state index contributed by atoms with van der Waals surface area (Å²) in [6.07, 6.45) is 4.92. The van der Waals surface area contributed by atoms with E-state index in [1.807, 2.05) is 18.2 Å². The van der Waals surface area contributed by atoms with Gasteiger partial charge in [-0.25, -0.2) is 0 Å². The van der Waals surface area contributed by atoms with E-state index in [-0.39, 0.29) is 12.0 Å². The second kappa shape index (κ2) is 6.28. The number of para-hydroxylation sites is 1. The van der Waals surface area contributed by atoms with Gasteiger partial charge in [0, 0.05) is 24.1 Å². The Bertz CT molecular complexity index is 568. The van der Waals surface area contributed by atoms with Crippen LogP contribution >= 0.6 is 0 Å². The van der Waals surface area contributed by atoms with Crippen LogP contribution in [0.25, 0.3) is 0 Å². The van der Waals surface area contributed by atoms with Gasteiger partial charge in [0.05, 0.1) is 25.3 Å². The topological polar surface area (TPSA) is 56.5 Å². The molecule has 1 N–H and O–H groups in total. The smallest absolute Gasteiger partial charge is 0.123 e. The standard InChI is InChI=1S/C18H24N2O2/c1-22-16-8-3-2-6-14(16)17-15-7-4-5-9-18(15,21)10-12-20(17)13-11-19/h2-3,6,8,15,17,21H,4-5,7,9-10,12-13H2,1H3/t15-,17+,18-/m0/s1. The minimum absolute atomic E-state index is 0.0647. The largest absolute Gasteiger partial charge is 0.496 e. The van der Waals surface area contributed by atoms with Crippen molar-refractivity contribution in [2.45, 2.75) is 43.7 Å². The summed E-state index contributed by atoms with van der Waals surface area (Å²) in [6, 6.07) is 10.4. The maximum atomic E-state index is 11.1. The molecule has 4 nitrogen and oxygen atoms in total. The number of hydrogen-bond donors (Lipinski definition) is 1. The van der Waals surface area contributed by atoms with Crippen molar-refractivity contribution >= 4 is 0 Å². The molecular formula is C18H24N2O2. The molecule has 1 saturated carbocycles. The van der Waals surface area contributed by atoms with E-state index in [0.29, 0.717) is 6.54 Å². The molecule has 3 rings (SSSR count). The van der Waals surface area contributed by atoms with E-state index in [9.17, 15) is 10.4 Å². The van der Waals surface area contributed by atoms with Crippen molar-refractivity contribution in [3.63, 3.8) is 0 Å². The van der Waals surface area contributed by atoms with Crippen molar-refractivity contribution in [1.82, 2.24) is 4.90 Å². The lowest BCUT2D eigenvalue weighted by molar-refractivity contribution is -0.122. The number of nitrogens with zero attached hydrogens (tertiary/aromatic N) is 2. The van der Waals surface area contributed by atoms with Crippen LogP contribution in [0.2, 0.25) is 0 Å². The summed E-state index contributed by atoms with van der Waals surface area (Å²) >= 11 is 0. The zero-order valence-electron chi connectivity index (χ0n) is 13.2. The first-order chi connectivity index (χ1) is 10.7. The SMILES string of the molecule is COc1ccccc1[C@@H]1[C@@H]2CCCC[C@]2(O)CCN1CC#N. The third-order valence-corrected chi connectivity index (χ3v) is 5.40. The molecule has 0 radical (unpaired) electrons. The van der Waals surface area contributed by atoms with Gasteiger partial charge in [-0.15, -0.1) is 0 Å². The molecule has 118 valence electrons. The van der Waals surface area contributed by atoms with Crippen molar-refractivity contribution in [1.29, 1.82) is 5.26 Å². The Morgan fingerprint density at radius 1 is 1.36 bits per heavy atom. The number of piperidine rings is 1. The third kappa shape index (κ3) is 2.60. The first-order valence-corrected chi connectivity index (χ1v) is 8.16. The zero-order valence-corrected chi connectivity index (χ0v) is 13.2. The molecule has 0 aromatic heterocycles. The first kappa shape index (κ1) is 15.3. The maximum absolute atomic E-state index is 11.1. The first-order valence-electron chi connectivity index (χ1n) is 8.16. The van der Waals surface area contributed by atoms with Crippen LogP contribution in [-0.2, 0) is 0 Å². The average molecular weight is 300 g/mol. The van der Waals surface area contributed by atoms with Crippen LogP contribution in [0.4, 0.5) is 0 Å². The van der Waals surface area contributed by atoms with Crippen LogP contribution in [0.1, 0.15) is 43.7 Å². The molecule has 1 saturated heterocycles. The van der Waals surface area contributed by atoms with Crippen LogP contribution < -0.4 is 4.74 Å². The Balaban J connectivity index is 2.03. The Kier molecular flexibility index (Phi) is 4.37. The van der Waals surface area contributed by atoms with Crippen molar-refractivity contribution < 1.29 is 9.84 Å². The quantitative estimate of drug-likeness (QED) is 0.872. The summed E-state index contributed by atoms with van der Waals surface area (Å²) in [5.74, 6) is 1.03. The number of hydrogen-bond acceptors (Lipinski definition) is 4. The molecule has 2 fully saturated rings. The van der Waals surface area contributed by atoms with Gasteiger partial charge in [0.15, 0.2) is 0 Å². The van der Waals surface area contributed by atoms with Gasteiger partial charge in [0.25, 0.3) is 0 Å². The van der Waals surface area contributed by atoms with Crippen LogP contribution in [-0.4, -0.2) is 35.8 Å². The zero-order chi connectivity index (χ0) is 15.6.